The first-order valence-corrected chi connectivity index (χ1v) is 6.62. The molecule has 0 bridgehead atoms. The van der Waals surface area contributed by atoms with Crippen LogP contribution >= 0.6 is 0 Å². The molecule has 0 aromatic rings. The highest BCUT2D eigenvalue weighted by Crippen LogP contribution is 2.12. The number of hydrogen-bond acceptors (Lipinski definition) is 3. The van der Waals surface area contributed by atoms with Crippen molar-refractivity contribution in [2.75, 3.05) is 19.8 Å². The topological polar surface area (TPSA) is 30.5 Å². The Kier molecular flexibility index (Phi) is 9.99. The van der Waals surface area contributed by atoms with Gasteiger partial charge in [0.15, 0.2) is 6.29 Å². The molecule has 0 fully saturated rings. The van der Waals surface area contributed by atoms with Crippen LogP contribution in [0, 0.1) is 5.92 Å². The van der Waals surface area contributed by atoms with Crippen LogP contribution in [-0.4, -0.2) is 32.1 Å². The molecule has 0 aliphatic carbocycles. The fraction of sp³-hybridized carbons (Fsp3) is 1.00. The van der Waals surface area contributed by atoms with Crippen molar-refractivity contribution >= 4 is 0 Å². The van der Waals surface area contributed by atoms with Crippen LogP contribution in [0.1, 0.15) is 47.5 Å². The minimum absolute atomic E-state index is 0.107. The summed E-state index contributed by atoms with van der Waals surface area (Å²) in [7, 11) is 0. The lowest BCUT2D eigenvalue weighted by molar-refractivity contribution is -0.156. The Morgan fingerprint density at radius 3 is 1.94 bits per heavy atom. The maximum atomic E-state index is 5.66. The summed E-state index contributed by atoms with van der Waals surface area (Å²) in [4.78, 5) is 0. The summed E-state index contributed by atoms with van der Waals surface area (Å²) in [5.74, 6) is 0.651. The summed E-state index contributed by atoms with van der Waals surface area (Å²) >= 11 is 0. The summed E-state index contributed by atoms with van der Waals surface area (Å²) in [5.41, 5.74) is 0. The standard InChI is InChI=1S/C13H29NO2/c1-6-9-14-12(10-11(4)5)13(15-7-2)16-8-3/h11-14H,6-10H2,1-5H3. The van der Waals surface area contributed by atoms with Crippen LogP contribution in [0.25, 0.3) is 0 Å². The molecular weight excluding hydrogens is 202 g/mol. The average Bonchev–Trinajstić information content (AvgIpc) is 2.23. The molecule has 0 heterocycles. The van der Waals surface area contributed by atoms with Crippen molar-refractivity contribution in [1.29, 1.82) is 0 Å². The Labute approximate surface area is 101 Å². The van der Waals surface area contributed by atoms with Gasteiger partial charge in [0, 0.05) is 13.2 Å². The maximum absolute atomic E-state index is 5.66. The maximum Gasteiger partial charge on any atom is 0.172 e. The molecular formula is C13H29NO2. The number of nitrogens with one attached hydrogen (secondary N) is 1. The molecule has 98 valence electrons. The lowest BCUT2D eigenvalue weighted by atomic mass is 10.0. The van der Waals surface area contributed by atoms with Crippen LogP contribution < -0.4 is 5.32 Å². The highest BCUT2D eigenvalue weighted by atomic mass is 16.7. The fourth-order valence-electron chi connectivity index (χ4n) is 1.74. The highest BCUT2D eigenvalue weighted by molar-refractivity contribution is 4.72. The zero-order valence-corrected chi connectivity index (χ0v) is 11.6. The van der Waals surface area contributed by atoms with E-state index in [4.69, 9.17) is 9.47 Å². The third-order valence-electron chi connectivity index (χ3n) is 2.37. The molecule has 3 heteroatoms. The summed E-state index contributed by atoms with van der Waals surface area (Å²) in [6.45, 7) is 13.1. The van der Waals surface area contributed by atoms with Gasteiger partial charge in [0.2, 0.25) is 0 Å². The van der Waals surface area contributed by atoms with E-state index in [0.717, 1.165) is 19.4 Å². The average molecular weight is 231 g/mol. The second kappa shape index (κ2) is 10.1. The van der Waals surface area contributed by atoms with E-state index in [0.29, 0.717) is 25.2 Å². The van der Waals surface area contributed by atoms with Crippen molar-refractivity contribution in [2.24, 2.45) is 5.92 Å². The van der Waals surface area contributed by atoms with Gasteiger partial charge in [0.05, 0.1) is 6.04 Å². The van der Waals surface area contributed by atoms with E-state index < -0.39 is 0 Å². The van der Waals surface area contributed by atoms with Gasteiger partial charge in [0.1, 0.15) is 0 Å². The molecule has 0 saturated carbocycles. The molecule has 0 saturated heterocycles. The Balaban J connectivity index is 4.26. The monoisotopic (exact) mass is 231 g/mol. The van der Waals surface area contributed by atoms with E-state index in [9.17, 15) is 0 Å². The molecule has 1 N–H and O–H groups in total. The summed E-state index contributed by atoms with van der Waals surface area (Å²) in [6.07, 6.45) is 2.12. The van der Waals surface area contributed by atoms with Gasteiger partial charge in [-0.2, -0.15) is 0 Å². The largest absolute Gasteiger partial charge is 0.351 e. The normalized spacial score (nSPS) is 13.7. The molecule has 0 amide bonds. The molecule has 0 spiro atoms. The molecule has 16 heavy (non-hydrogen) atoms. The predicted molar refractivity (Wildman–Crippen MR) is 68.6 cm³/mol. The Morgan fingerprint density at radius 2 is 1.56 bits per heavy atom. The van der Waals surface area contributed by atoms with E-state index in [1.165, 1.54) is 0 Å². The van der Waals surface area contributed by atoms with Crippen LogP contribution in [0.2, 0.25) is 0 Å². The first kappa shape index (κ1) is 15.9. The second-order valence-electron chi connectivity index (χ2n) is 4.47. The van der Waals surface area contributed by atoms with Gasteiger partial charge < -0.3 is 14.8 Å². The van der Waals surface area contributed by atoms with Crippen molar-refractivity contribution < 1.29 is 9.47 Å². The van der Waals surface area contributed by atoms with Gasteiger partial charge in [-0.1, -0.05) is 20.8 Å². The van der Waals surface area contributed by atoms with Crippen LogP contribution in [0.5, 0.6) is 0 Å². The lowest BCUT2D eigenvalue weighted by Gasteiger charge is -2.28. The fourth-order valence-corrected chi connectivity index (χ4v) is 1.74. The molecule has 0 aliphatic heterocycles. The van der Waals surface area contributed by atoms with Gasteiger partial charge in [-0.05, 0) is 39.2 Å². The van der Waals surface area contributed by atoms with Gasteiger partial charge >= 0.3 is 0 Å². The van der Waals surface area contributed by atoms with E-state index in [1.807, 2.05) is 13.8 Å². The summed E-state index contributed by atoms with van der Waals surface area (Å²) < 4.78 is 11.3. The summed E-state index contributed by atoms with van der Waals surface area (Å²) in [6, 6.07) is 0.305. The third-order valence-corrected chi connectivity index (χ3v) is 2.37. The second-order valence-corrected chi connectivity index (χ2v) is 4.47. The molecule has 0 rings (SSSR count). The third kappa shape index (κ3) is 7.20. The lowest BCUT2D eigenvalue weighted by Crippen LogP contribution is -2.44. The quantitative estimate of drug-likeness (QED) is 0.586. The van der Waals surface area contributed by atoms with Crippen LogP contribution in [0.15, 0.2) is 0 Å². The zero-order valence-electron chi connectivity index (χ0n) is 11.6. The van der Waals surface area contributed by atoms with Crippen LogP contribution in [-0.2, 0) is 9.47 Å². The van der Waals surface area contributed by atoms with E-state index >= 15 is 0 Å². The minimum atomic E-state index is -0.107. The molecule has 3 nitrogen and oxygen atoms in total. The van der Waals surface area contributed by atoms with Gasteiger partial charge in [0.25, 0.3) is 0 Å². The molecule has 0 aromatic carbocycles. The van der Waals surface area contributed by atoms with E-state index in [-0.39, 0.29) is 6.29 Å². The zero-order chi connectivity index (χ0) is 12.4. The molecule has 0 aromatic heterocycles. The number of rotatable bonds is 10. The van der Waals surface area contributed by atoms with Crippen LogP contribution in [0.4, 0.5) is 0 Å². The van der Waals surface area contributed by atoms with E-state index in [2.05, 4.69) is 26.1 Å². The van der Waals surface area contributed by atoms with Gasteiger partial charge in [-0.25, -0.2) is 0 Å². The number of hydrogen-bond donors (Lipinski definition) is 1. The Morgan fingerprint density at radius 1 is 1.00 bits per heavy atom. The van der Waals surface area contributed by atoms with E-state index in [1.54, 1.807) is 0 Å². The Bertz CT molecular complexity index is 145. The van der Waals surface area contributed by atoms with Crippen molar-refractivity contribution in [3.8, 4) is 0 Å². The first-order chi connectivity index (χ1) is 7.65. The Hall–Kier alpha value is -0.120. The molecule has 1 unspecified atom stereocenters. The predicted octanol–water partition coefficient (Wildman–Crippen LogP) is 2.80. The minimum Gasteiger partial charge on any atom is -0.351 e. The van der Waals surface area contributed by atoms with Gasteiger partial charge in [-0.3, -0.25) is 0 Å². The smallest absolute Gasteiger partial charge is 0.172 e. The first-order valence-electron chi connectivity index (χ1n) is 6.62. The van der Waals surface area contributed by atoms with Crippen molar-refractivity contribution in [2.45, 2.75) is 59.8 Å². The molecule has 0 radical (unpaired) electrons. The number of ether oxygens (including phenoxy) is 2. The molecule has 1 atom stereocenters. The molecule has 0 aliphatic rings. The van der Waals surface area contributed by atoms with Gasteiger partial charge in [-0.15, -0.1) is 0 Å². The SMILES string of the molecule is CCCNC(CC(C)C)C(OCC)OCC. The van der Waals surface area contributed by atoms with Crippen molar-refractivity contribution in [1.82, 2.24) is 5.32 Å². The van der Waals surface area contributed by atoms with Crippen molar-refractivity contribution in [3.05, 3.63) is 0 Å². The highest BCUT2D eigenvalue weighted by Gasteiger charge is 2.22. The summed E-state index contributed by atoms with van der Waals surface area (Å²) in [5, 5.41) is 3.52. The van der Waals surface area contributed by atoms with Crippen molar-refractivity contribution in [3.63, 3.8) is 0 Å². The van der Waals surface area contributed by atoms with Crippen LogP contribution in [0.3, 0.4) is 0 Å².